The summed E-state index contributed by atoms with van der Waals surface area (Å²) in [4.78, 5) is 30.3. The lowest BCUT2D eigenvalue weighted by molar-refractivity contribution is -0.0165. The highest BCUT2D eigenvalue weighted by Crippen LogP contribution is 2.29. The van der Waals surface area contributed by atoms with Gasteiger partial charge < -0.3 is 9.47 Å². The van der Waals surface area contributed by atoms with E-state index in [-0.39, 0.29) is 5.69 Å². The molecule has 0 aliphatic rings. The molecule has 0 fully saturated rings. The van der Waals surface area contributed by atoms with E-state index >= 15 is 0 Å². The number of anilines is 1. The Morgan fingerprint density at radius 3 is 2.33 bits per heavy atom. The maximum Gasteiger partial charge on any atom is 0.424 e. The lowest BCUT2D eigenvalue weighted by atomic mass is 10.1. The molecular formula is C19H24FN3O4. The number of ether oxygens (including phenoxy) is 2. The van der Waals surface area contributed by atoms with Crippen molar-refractivity contribution in [1.82, 2.24) is 4.98 Å². The zero-order valence-corrected chi connectivity index (χ0v) is 16.0. The first-order chi connectivity index (χ1) is 12.4. The number of carbonyl (C=O) groups excluding carboxylic acids is 2. The zero-order chi connectivity index (χ0) is 20.4. The van der Waals surface area contributed by atoms with Crippen molar-refractivity contribution in [2.45, 2.75) is 52.1 Å². The number of imide groups is 1. The van der Waals surface area contributed by atoms with Gasteiger partial charge in [0.2, 0.25) is 0 Å². The topological polar surface area (TPSA) is 94.8 Å². The molecule has 0 aliphatic carbocycles. The predicted octanol–water partition coefficient (Wildman–Crippen LogP) is 4.15. The number of rotatable bonds is 3. The average Bonchev–Trinajstić information content (AvgIpc) is 2.53. The van der Waals surface area contributed by atoms with Gasteiger partial charge in [0.1, 0.15) is 5.60 Å². The highest BCUT2D eigenvalue weighted by molar-refractivity contribution is 6.14. The van der Waals surface area contributed by atoms with Crippen LogP contribution in [0.1, 0.15) is 34.6 Å². The van der Waals surface area contributed by atoms with Crippen molar-refractivity contribution in [3.63, 3.8) is 0 Å². The quantitative estimate of drug-likeness (QED) is 0.808. The van der Waals surface area contributed by atoms with Gasteiger partial charge in [-0.3, -0.25) is 10.7 Å². The molecule has 1 atom stereocenters. The van der Waals surface area contributed by atoms with Gasteiger partial charge in [-0.1, -0.05) is 12.1 Å². The Kier molecular flexibility index (Phi) is 5.70. The number of benzene rings is 1. The van der Waals surface area contributed by atoms with E-state index in [1.165, 1.54) is 20.0 Å². The first-order valence-electron chi connectivity index (χ1n) is 8.41. The molecule has 8 heteroatoms. The SMILES string of the molecule is CC(C)(C)OC(=O)N(C(=O)OC(C)(C)C(N)F)c1cccc2cnccc12. The minimum absolute atomic E-state index is 0.234. The standard InChI is InChI=1S/C19H24FN3O4/c1-18(2,3)26-16(24)23(17(25)27-19(4,5)15(20)21)14-8-6-7-12-11-22-10-9-13(12)14/h6-11,15H,21H2,1-5H3. The van der Waals surface area contributed by atoms with Crippen LogP contribution in [0.25, 0.3) is 10.8 Å². The van der Waals surface area contributed by atoms with Gasteiger partial charge in [-0.25, -0.2) is 14.0 Å². The molecule has 1 heterocycles. The third kappa shape index (κ3) is 4.91. The summed E-state index contributed by atoms with van der Waals surface area (Å²) >= 11 is 0. The molecule has 1 aromatic carbocycles. The average molecular weight is 377 g/mol. The van der Waals surface area contributed by atoms with E-state index in [1.54, 1.807) is 51.2 Å². The maximum atomic E-state index is 13.6. The van der Waals surface area contributed by atoms with Crippen LogP contribution >= 0.6 is 0 Å². The van der Waals surface area contributed by atoms with E-state index in [2.05, 4.69) is 4.98 Å². The summed E-state index contributed by atoms with van der Waals surface area (Å²) < 4.78 is 24.1. The van der Waals surface area contributed by atoms with Gasteiger partial charge in [-0.05, 0) is 46.8 Å². The third-order valence-corrected chi connectivity index (χ3v) is 3.67. The van der Waals surface area contributed by atoms with Gasteiger partial charge in [0, 0.05) is 23.2 Å². The monoisotopic (exact) mass is 377 g/mol. The molecule has 0 saturated heterocycles. The molecule has 0 saturated carbocycles. The smallest absolute Gasteiger partial charge is 0.424 e. The molecule has 146 valence electrons. The van der Waals surface area contributed by atoms with Crippen LogP contribution < -0.4 is 10.6 Å². The summed E-state index contributed by atoms with van der Waals surface area (Å²) in [6.07, 6.45) is -0.838. The maximum absolute atomic E-state index is 13.6. The fourth-order valence-electron chi connectivity index (χ4n) is 2.21. The third-order valence-electron chi connectivity index (χ3n) is 3.67. The van der Waals surface area contributed by atoms with E-state index in [4.69, 9.17) is 15.2 Å². The number of hydrogen-bond donors (Lipinski definition) is 1. The summed E-state index contributed by atoms with van der Waals surface area (Å²) in [5.74, 6) is 0. The van der Waals surface area contributed by atoms with Crippen LogP contribution in [0.5, 0.6) is 0 Å². The van der Waals surface area contributed by atoms with Gasteiger partial charge in [0.05, 0.1) is 5.69 Å². The number of carbonyl (C=O) groups is 2. The highest BCUT2D eigenvalue weighted by atomic mass is 19.1. The molecule has 27 heavy (non-hydrogen) atoms. The van der Waals surface area contributed by atoms with Crippen LogP contribution in [0.4, 0.5) is 19.7 Å². The van der Waals surface area contributed by atoms with Crippen molar-refractivity contribution in [1.29, 1.82) is 0 Å². The molecule has 2 rings (SSSR count). The number of fused-ring (bicyclic) bond motifs is 1. The van der Waals surface area contributed by atoms with E-state index in [0.29, 0.717) is 10.8 Å². The first-order valence-corrected chi connectivity index (χ1v) is 8.41. The Hall–Kier alpha value is -2.74. The Balaban J connectivity index is 2.53. The number of halogens is 1. The Morgan fingerprint density at radius 2 is 1.74 bits per heavy atom. The second-order valence-corrected chi connectivity index (χ2v) is 7.56. The molecular weight excluding hydrogens is 353 g/mol. The van der Waals surface area contributed by atoms with E-state index in [0.717, 1.165) is 4.90 Å². The number of hydrogen-bond acceptors (Lipinski definition) is 6. The van der Waals surface area contributed by atoms with Crippen molar-refractivity contribution in [2.24, 2.45) is 5.73 Å². The molecule has 0 aliphatic heterocycles. The van der Waals surface area contributed by atoms with Gasteiger partial charge in [0.15, 0.2) is 11.9 Å². The fourth-order valence-corrected chi connectivity index (χ4v) is 2.21. The molecule has 1 aromatic heterocycles. The highest BCUT2D eigenvalue weighted by Gasteiger charge is 2.37. The second kappa shape index (κ2) is 7.48. The number of nitrogens with zero attached hydrogens (tertiary/aromatic N) is 2. The van der Waals surface area contributed by atoms with E-state index in [1.807, 2.05) is 0 Å². The first kappa shape index (κ1) is 20.6. The van der Waals surface area contributed by atoms with Crippen LogP contribution in [0.2, 0.25) is 0 Å². The summed E-state index contributed by atoms with van der Waals surface area (Å²) in [6, 6.07) is 6.67. The fraction of sp³-hybridized carbons (Fsp3) is 0.421. The molecule has 0 bridgehead atoms. The van der Waals surface area contributed by atoms with Crippen LogP contribution in [0.15, 0.2) is 36.7 Å². The van der Waals surface area contributed by atoms with Crippen molar-refractivity contribution < 1.29 is 23.5 Å². The van der Waals surface area contributed by atoms with E-state index < -0.39 is 29.7 Å². The van der Waals surface area contributed by atoms with Crippen molar-refractivity contribution in [3.05, 3.63) is 36.7 Å². The number of alkyl halides is 1. The number of nitrogens with two attached hydrogens (primary N) is 1. The van der Waals surface area contributed by atoms with Gasteiger partial charge in [0.25, 0.3) is 0 Å². The lowest BCUT2D eigenvalue weighted by Crippen LogP contribution is -2.49. The minimum atomic E-state index is -1.93. The molecule has 1 unspecified atom stereocenters. The van der Waals surface area contributed by atoms with Crippen LogP contribution in [0.3, 0.4) is 0 Å². The number of aromatic nitrogens is 1. The number of pyridine rings is 1. The van der Waals surface area contributed by atoms with Crippen molar-refractivity contribution in [2.75, 3.05) is 4.90 Å². The van der Waals surface area contributed by atoms with Crippen LogP contribution in [-0.4, -0.2) is 34.7 Å². The molecule has 0 radical (unpaired) electrons. The Bertz CT molecular complexity index is 841. The van der Waals surface area contributed by atoms with Gasteiger partial charge in [-0.15, -0.1) is 0 Å². The summed E-state index contributed by atoms with van der Waals surface area (Å²) in [6.45, 7) is 7.64. The second-order valence-electron chi connectivity index (χ2n) is 7.56. The van der Waals surface area contributed by atoms with Crippen LogP contribution in [0, 0.1) is 0 Å². The van der Waals surface area contributed by atoms with Gasteiger partial charge >= 0.3 is 12.2 Å². The van der Waals surface area contributed by atoms with Crippen LogP contribution in [-0.2, 0) is 9.47 Å². The summed E-state index contributed by atoms with van der Waals surface area (Å²) in [5.41, 5.74) is 2.98. The lowest BCUT2D eigenvalue weighted by Gasteiger charge is -2.31. The molecule has 2 amide bonds. The summed E-state index contributed by atoms with van der Waals surface area (Å²) in [5, 5.41) is 1.29. The normalized spacial score (nSPS) is 13.1. The Labute approximate surface area is 157 Å². The summed E-state index contributed by atoms with van der Waals surface area (Å²) in [7, 11) is 0. The van der Waals surface area contributed by atoms with E-state index in [9.17, 15) is 14.0 Å². The number of amides is 2. The largest absolute Gasteiger partial charge is 0.443 e. The molecule has 0 spiro atoms. The predicted molar refractivity (Wildman–Crippen MR) is 100 cm³/mol. The molecule has 2 N–H and O–H groups in total. The van der Waals surface area contributed by atoms with Crippen molar-refractivity contribution in [3.8, 4) is 0 Å². The zero-order valence-electron chi connectivity index (χ0n) is 16.0. The minimum Gasteiger partial charge on any atom is -0.443 e. The van der Waals surface area contributed by atoms with Crippen molar-refractivity contribution >= 4 is 28.6 Å². The molecule has 2 aromatic rings. The Morgan fingerprint density at radius 1 is 1.11 bits per heavy atom. The van der Waals surface area contributed by atoms with Gasteiger partial charge in [-0.2, -0.15) is 4.90 Å². The molecule has 7 nitrogen and oxygen atoms in total.